The molecule has 1 unspecified atom stereocenters. The molecule has 0 radical (unpaired) electrons. The lowest BCUT2D eigenvalue weighted by atomic mass is 10.1. The highest BCUT2D eigenvalue weighted by atomic mass is 16.6. The van der Waals surface area contributed by atoms with Crippen LogP contribution in [0.1, 0.15) is 46.0 Å². The third kappa shape index (κ3) is 5.49. The molecule has 4 aromatic rings. The van der Waals surface area contributed by atoms with E-state index in [1.807, 2.05) is 51.1 Å². The Kier molecular flexibility index (Phi) is 6.81. The van der Waals surface area contributed by atoms with Gasteiger partial charge in [-0.2, -0.15) is 5.10 Å². The molecule has 3 aromatic heterocycles. The summed E-state index contributed by atoms with van der Waals surface area (Å²) < 4.78 is 1.75. The summed E-state index contributed by atoms with van der Waals surface area (Å²) in [6, 6.07) is 15.3. The van der Waals surface area contributed by atoms with Crippen molar-refractivity contribution >= 4 is 17.3 Å². The lowest BCUT2D eigenvalue weighted by molar-refractivity contribution is -0.384. The van der Waals surface area contributed by atoms with Crippen molar-refractivity contribution < 1.29 is 9.72 Å². The van der Waals surface area contributed by atoms with E-state index in [4.69, 9.17) is 0 Å². The van der Waals surface area contributed by atoms with Crippen LogP contribution in [0.2, 0.25) is 0 Å². The first-order valence-electron chi connectivity index (χ1n) is 11.0. The predicted molar refractivity (Wildman–Crippen MR) is 131 cm³/mol. The Morgan fingerprint density at radius 2 is 1.94 bits per heavy atom. The van der Waals surface area contributed by atoms with Crippen molar-refractivity contribution in [3.8, 4) is 5.82 Å². The second kappa shape index (κ2) is 10.1. The Bertz CT molecular complexity index is 1350. The van der Waals surface area contributed by atoms with Crippen LogP contribution in [0.3, 0.4) is 0 Å². The highest BCUT2D eigenvalue weighted by Gasteiger charge is 2.19. The SMILES string of the molecule is Cc1cc(C)n(-c2ccc(CNC(=O)c3ccc(NC(C)c4ccccn4)c([N+](=O)[O-])c3)cn2)n1. The molecule has 1 aromatic carbocycles. The van der Waals surface area contributed by atoms with Gasteiger partial charge in [-0.05, 0) is 62.7 Å². The fourth-order valence-electron chi connectivity index (χ4n) is 3.68. The summed E-state index contributed by atoms with van der Waals surface area (Å²) in [5, 5.41) is 22.0. The lowest BCUT2D eigenvalue weighted by Crippen LogP contribution is -2.23. The molecular formula is C25H25N7O3. The van der Waals surface area contributed by atoms with Gasteiger partial charge in [0.25, 0.3) is 11.6 Å². The smallest absolute Gasteiger partial charge is 0.293 e. The van der Waals surface area contributed by atoms with Crippen LogP contribution in [-0.4, -0.2) is 30.6 Å². The molecule has 10 heteroatoms. The molecule has 4 rings (SSSR count). The van der Waals surface area contributed by atoms with Crippen molar-refractivity contribution in [2.75, 3.05) is 5.32 Å². The molecule has 0 aliphatic rings. The van der Waals surface area contributed by atoms with Gasteiger partial charge in [0, 0.05) is 36.3 Å². The first-order valence-corrected chi connectivity index (χ1v) is 11.0. The standard InChI is InChI=1S/C25H25N7O3/c1-16-12-17(2)31(30-16)24-10-7-19(14-27-24)15-28-25(33)20-8-9-22(23(13-20)32(34)35)29-18(3)21-6-4-5-11-26-21/h4-14,18,29H,15H2,1-3H3,(H,28,33). The molecular weight excluding hydrogens is 446 g/mol. The van der Waals surface area contributed by atoms with Crippen LogP contribution in [0.4, 0.5) is 11.4 Å². The number of nitro benzene ring substituents is 1. The maximum absolute atomic E-state index is 12.7. The largest absolute Gasteiger partial charge is 0.371 e. The maximum Gasteiger partial charge on any atom is 0.293 e. The monoisotopic (exact) mass is 471 g/mol. The van der Waals surface area contributed by atoms with E-state index in [0.29, 0.717) is 11.5 Å². The van der Waals surface area contributed by atoms with Crippen molar-refractivity contribution in [3.63, 3.8) is 0 Å². The summed E-state index contributed by atoms with van der Waals surface area (Å²) in [7, 11) is 0. The molecule has 0 bridgehead atoms. The van der Waals surface area contributed by atoms with Crippen LogP contribution < -0.4 is 10.6 Å². The summed E-state index contributed by atoms with van der Waals surface area (Å²) >= 11 is 0. The van der Waals surface area contributed by atoms with Crippen LogP contribution in [0.15, 0.2) is 67.0 Å². The Labute approximate surface area is 202 Å². The van der Waals surface area contributed by atoms with Crippen LogP contribution >= 0.6 is 0 Å². The topological polar surface area (TPSA) is 128 Å². The first kappa shape index (κ1) is 23.6. The Hall–Kier alpha value is -4.60. The number of benzene rings is 1. The van der Waals surface area contributed by atoms with Crippen molar-refractivity contribution in [1.29, 1.82) is 0 Å². The van der Waals surface area contributed by atoms with Crippen LogP contribution in [-0.2, 0) is 6.54 Å². The third-order valence-electron chi connectivity index (χ3n) is 5.45. The molecule has 0 saturated carbocycles. The quantitative estimate of drug-likeness (QED) is 0.290. The van der Waals surface area contributed by atoms with E-state index in [-0.39, 0.29) is 23.8 Å². The Morgan fingerprint density at radius 3 is 2.57 bits per heavy atom. The van der Waals surface area contributed by atoms with Crippen molar-refractivity contribution in [1.82, 2.24) is 25.1 Å². The van der Waals surface area contributed by atoms with Crippen LogP contribution in [0, 0.1) is 24.0 Å². The Morgan fingerprint density at radius 1 is 1.11 bits per heavy atom. The fraction of sp³-hybridized carbons (Fsp3) is 0.200. The second-order valence-electron chi connectivity index (χ2n) is 8.16. The van der Waals surface area contributed by atoms with Gasteiger partial charge in [0.1, 0.15) is 5.69 Å². The average molecular weight is 472 g/mol. The van der Waals surface area contributed by atoms with Gasteiger partial charge in [0.15, 0.2) is 5.82 Å². The summed E-state index contributed by atoms with van der Waals surface area (Å²) in [5.74, 6) is 0.268. The molecule has 0 aliphatic carbocycles. The van der Waals surface area contributed by atoms with Crippen molar-refractivity contribution in [3.05, 3.63) is 105 Å². The zero-order valence-corrected chi connectivity index (χ0v) is 19.6. The van der Waals surface area contributed by atoms with Gasteiger partial charge >= 0.3 is 0 Å². The van der Waals surface area contributed by atoms with E-state index in [9.17, 15) is 14.9 Å². The number of hydrogen-bond donors (Lipinski definition) is 2. The van der Waals surface area contributed by atoms with E-state index in [1.54, 1.807) is 29.2 Å². The minimum atomic E-state index is -0.508. The number of aromatic nitrogens is 4. The molecule has 1 atom stereocenters. The number of hydrogen-bond acceptors (Lipinski definition) is 7. The number of rotatable bonds is 8. The van der Waals surface area contributed by atoms with Gasteiger partial charge in [0.2, 0.25) is 0 Å². The van der Waals surface area contributed by atoms with Gasteiger partial charge in [0.05, 0.1) is 22.4 Å². The normalized spacial score (nSPS) is 11.6. The minimum Gasteiger partial charge on any atom is -0.371 e. The molecule has 0 saturated heterocycles. The molecule has 3 heterocycles. The summed E-state index contributed by atoms with van der Waals surface area (Å²) in [4.78, 5) is 32.5. The molecule has 0 fully saturated rings. The molecule has 0 aliphatic heterocycles. The van der Waals surface area contributed by atoms with Gasteiger partial charge in [-0.25, -0.2) is 9.67 Å². The highest BCUT2D eigenvalue weighted by molar-refractivity contribution is 5.95. The van der Waals surface area contributed by atoms with Crippen molar-refractivity contribution in [2.45, 2.75) is 33.4 Å². The zero-order chi connectivity index (χ0) is 24.9. The number of aryl methyl sites for hydroxylation is 2. The Balaban J connectivity index is 1.43. The van der Waals surface area contributed by atoms with E-state index in [0.717, 1.165) is 22.6 Å². The zero-order valence-electron chi connectivity index (χ0n) is 19.6. The molecule has 1 amide bonds. The summed E-state index contributed by atoms with van der Waals surface area (Å²) in [6.45, 7) is 5.96. The van der Waals surface area contributed by atoms with E-state index >= 15 is 0 Å². The number of amides is 1. The number of nitro groups is 1. The molecule has 0 spiro atoms. The molecule has 10 nitrogen and oxygen atoms in total. The number of nitrogens with one attached hydrogen (secondary N) is 2. The predicted octanol–water partition coefficient (Wildman–Crippen LogP) is 4.29. The van der Waals surface area contributed by atoms with Crippen molar-refractivity contribution in [2.24, 2.45) is 0 Å². The van der Waals surface area contributed by atoms with E-state index in [2.05, 4.69) is 25.7 Å². The molecule has 35 heavy (non-hydrogen) atoms. The number of pyridine rings is 2. The van der Waals surface area contributed by atoms with Crippen LogP contribution in [0.5, 0.6) is 0 Å². The fourth-order valence-corrected chi connectivity index (χ4v) is 3.68. The third-order valence-corrected chi connectivity index (χ3v) is 5.45. The number of carbonyl (C=O) groups is 1. The van der Waals surface area contributed by atoms with Gasteiger partial charge < -0.3 is 10.6 Å². The second-order valence-corrected chi connectivity index (χ2v) is 8.16. The minimum absolute atomic E-state index is 0.184. The maximum atomic E-state index is 12.7. The molecule has 178 valence electrons. The number of nitrogens with zero attached hydrogens (tertiary/aromatic N) is 5. The van der Waals surface area contributed by atoms with E-state index < -0.39 is 10.8 Å². The lowest BCUT2D eigenvalue weighted by Gasteiger charge is -2.15. The van der Waals surface area contributed by atoms with E-state index in [1.165, 1.54) is 12.1 Å². The summed E-state index contributed by atoms with van der Waals surface area (Å²) in [6.07, 6.45) is 3.33. The first-order chi connectivity index (χ1) is 16.8. The highest BCUT2D eigenvalue weighted by Crippen LogP contribution is 2.29. The van der Waals surface area contributed by atoms with Gasteiger partial charge in [-0.15, -0.1) is 0 Å². The van der Waals surface area contributed by atoms with Gasteiger partial charge in [-0.1, -0.05) is 12.1 Å². The van der Waals surface area contributed by atoms with Crippen LogP contribution in [0.25, 0.3) is 5.82 Å². The summed E-state index contributed by atoms with van der Waals surface area (Å²) in [5.41, 5.74) is 3.75. The number of carbonyl (C=O) groups excluding carboxylic acids is 1. The molecule has 2 N–H and O–H groups in total. The number of anilines is 1. The van der Waals surface area contributed by atoms with Gasteiger partial charge in [-0.3, -0.25) is 19.9 Å². The average Bonchev–Trinajstić information content (AvgIpc) is 3.21.